The van der Waals surface area contributed by atoms with Crippen molar-refractivity contribution in [3.63, 3.8) is 0 Å². The van der Waals surface area contributed by atoms with Crippen molar-refractivity contribution in [1.82, 2.24) is 16.0 Å². The normalized spacial score (nSPS) is 30.3. The van der Waals surface area contributed by atoms with Gasteiger partial charge in [0, 0.05) is 19.0 Å². The van der Waals surface area contributed by atoms with Crippen molar-refractivity contribution >= 4 is 17.7 Å². The number of hydrogen-bond acceptors (Lipinski definition) is 4. The minimum atomic E-state index is -0.365. The van der Waals surface area contributed by atoms with E-state index in [1.165, 1.54) is 13.3 Å². The smallest absolute Gasteiger partial charge is 0.239 e. The number of nitrogens with one attached hydrogen (secondary N) is 3. The molecule has 0 spiro atoms. The maximum Gasteiger partial charge on any atom is 0.239 e. The van der Waals surface area contributed by atoms with Crippen LogP contribution in [0.1, 0.15) is 39.0 Å². The molecule has 2 fully saturated rings. The van der Waals surface area contributed by atoms with Crippen molar-refractivity contribution in [2.45, 2.75) is 51.1 Å². The predicted molar refractivity (Wildman–Crippen MR) is 81.7 cm³/mol. The number of amides is 3. The van der Waals surface area contributed by atoms with Gasteiger partial charge in [-0.1, -0.05) is 6.42 Å². The molecule has 0 aromatic heterocycles. The zero-order valence-corrected chi connectivity index (χ0v) is 13.1. The van der Waals surface area contributed by atoms with Gasteiger partial charge in [0.1, 0.15) is 0 Å². The number of carbonyl (C=O) groups is 3. The average Bonchev–Trinajstić information content (AvgIpc) is 2.44. The lowest BCUT2D eigenvalue weighted by Gasteiger charge is -2.45. The van der Waals surface area contributed by atoms with Gasteiger partial charge in [-0.15, -0.1) is 0 Å². The Kier molecular flexibility index (Phi) is 5.76. The number of fused-ring (bicyclic) bond motifs is 2. The quantitative estimate of drug-likeness (QED) is 0.535. The molecule has 0 heterocycles. The van der Waals surface area contributed by atoms with Crippen LogP contribution < -0.4 is 21.7 Å². The summed E-state index contributed by atoms with van der Waals surface area (Å²) in [6.45, 7) is 1.18. The molecule has 2 atom stereocenters. The number of carbonyl (C=O) groups excluding carboxylic acids is 3. The summed E-state index contributed by atoms with van der Waals surface area (Å²) < 4.78 is 0. The van der Waals surface area contributed by atoms with Crippen LogP contribution in [0.25, 0.3) is 0 Å². The number of rotatable bonds is 5. The van der Waals surface area contributed by atoms with Crippen LogP contribution >= 0.6 is 0 Å². The average molecular weight is 310 g/mol. The first-order chi connectivity index (χ1) is 10.5. The third-order valence-electron chi connectivity index (χ3n) is 4.65. The van der Waals surface area contributed by atoms with E-state index in [0.717, 1.165) is 25.7 Å². The van der Waals surface area contributed by atoms with Crippen molar-refractivity contribution < 1.29 is 14.4 Å². The third-order valence-corrected chi connectivity index (χ3v) is 4.65. The molecule has 3 amide bonds. The molecule has 0 saturated heterocycles. The molecule has 7 heteroatoms. The van der Waals surface area contributed by atoms with Crippen molar-refractivity contribution in [2.24, 2.45) is 17.6 Å². The van der Waals surface area contributed by atoms with Crippen LogP contribution in [0.3, 0.4) is 0 Å². The highest BCUT2D eigenvalue weighted by molar-refractivity contribution is 5.87. The highest BCUT2D eigenvalue weighted by atomic mass is 16.2. The van der Waals surface area contributed by atoms with Gasteiger partial charge in [-0.2, -0.15) is 0 Å². The fourth-order valence-corrected chi connectivity index (χ4v) is 3.71. The molecule has 0 aliphatic heterocycles. The van der Waals surface area contributed by atoms with Gasteiger partial charge in [-0.05, 0) is 37.5 Å². The minimum Gasteiger partial charge on any atom is -0.351 e. The summed E-state index contributed by atoms with van der Waals surface area (Å²) in [6.07, 6.45) is 5.38. The second kappa shape index (κ2) is 7.58. The molecular formula is C15H26N4O3. The first-order valence-corrected chi connectivity index (χ1v) is 8.01. The first-order valence-electron chi connectivity index (χ1n) is 8.01. The topological polar surface area (TPSA) is 113 Å². The van der Waals surface area contributed by atoms with Gasteiger partial charge in [0.25, 0.3) is 0 Å². The molecule has 0 aromatic carbocycles. The summed E-state index contributed by atoms with van der Waals surface area (Å²) in [6, 6.07) is 0.439. The molecule has 5 N–H and O–H groups in total. The summed E-state index contributed by atoms with van der Waals surface area (Å²) in [4.78, 5) is 34.2. The van der Waals surface area contributed by atoms with Crippen LogP contribution in [-0.2, 0) is 14.4 Å². The maximum atomic E-state index is 12.0. The summed E-state index contributed by atoms with van der Waals surface area (Å²) in [5.74, 6) is 0.110. The number of hydrogen-bond donors (Lipinski definition) is 4. The van der Waals surface area contributed by atoms with E-state index < -0.39 is 0 Å². The molecule has 2 aliphatic rings. The van der Waals surface area contributed by atoms with Crippen LogP contribution in [0, 0.1) is 11.8 Å². The second-order valence-corrected chi connectivity index (χ2v) is 6.46. The molecule has 2 rings (SSSR count). The van der Waals surface area contributed by atoms with Gasteiger partial charge >= 0.3 is 0 Å². The summed E-state index contributed by atoms with van der Waals surface area (Å²) in [5, 5.41) is 7.97. The van der Waals surface area contributed by atoms with Crippen LogP contribution in [0.2, 0.25) is 0 Å². The molecule has 2 aliphatic carbocycles. The maximum absolute atomic E-state index is 12.0. The lowest BCUT2D eigenvalue weighted by molar-refractivity contribution is -0.128. The molecule has 2 unspecified atom stereocenters. The highest BCUT2D eigenvalue weighted by Crippen LogP contribution is 2.39. The second-order valence-electron chi connectivity index (χ2n) is 6.46. The molecule has 2 bridgehead atoms. The van der Waals surface area contributed by atoms with Crippen LogP contribution in [0.15, 0.2) is 0 Å². The summed E-state index contributed by atoms with van der Waals surface area (Å²) in [5.41, 5.74) is 6.07. The van der Waals surface area contributed by atoms with Crippen molar-refractivity contribution in [1.29, 1.82) is 0 Å². The Morgan fingerprint density at radius 1 is 1.00 bits per heavy atom. The Labute approximate surface area is 130 Å². The Hall–Kier alpha value is -1.63. The van der Waals surface area contributed by atoms with Crippen molar-refractivity contribution in [3.05, 3.63) is 0 Å². The fraction of sp³-hybridized carbons (Fsp3) is 0.800. The van der Waals surface area contributed by atoms with Gasteiger partial charge in [0.2, 0.25) is 17.7 Å². The fourth-order valence-electron chi connectivity index (χ4n) is 3.71. The standard InChI is InChI=1S/C15H26N4O3/c1-9(20)17-7-13(21)18-8-14(22)19-15-10-3-2-4-11(15)6-12(16)5-10/h10-12,15H,2-8,16H2,1H3,(H,17,20)(H,18,21)(H,19,22). The monoisotopic (exact) mass is 310 g/mol. The van der Waals surface area contributed by atoms with E-state index in [0.29, 0.717) is 11.8 Å². The molecule has 124 valence electrons. The van der Waals surface area contributed by atoms with Crippen molar-refractivity contribution in [2.75, 3.05) is 13.1 Å². The summed E-state index contributed by atoms with van der Waals surface area (Å²) >= 11 is 0. The predicted octanol–water partition coefficient (Wildman–Crippen LogP) is -0.739. The van der Waals surface area contributed by atoms with Crippen LogP contribution in [-0.4, -0.2) is 42.9 Å². The van der Waals surface area contributed by atoms with Crippen LogP contribution in [0.5, 0.6) is 0 Å². The van der Waals surface area contributed by atoms with E-state index in [1.54, 1.807) is 0 Å². The molecule has 22 heavy (non-hydrogen) atoms. The molecule has 2 saturated carbocycles. The SMILES string of the molecule is CC(=O)NCC(=O)NCC(=O)NC1C2CCCC1CC(N)C2. The Morgan fingerprint density at radius 3 is 2.18 bits per heavy atom. The molecule has 0 aromatic rings. The van der Waals surface area contributed by atoms with E-state index in [9.17, 15) is 14.4 Å². The number of nitrogens with two attached hydrogens (primary N) is 1. The summed E-state index contributed by atoms with van der Waals surface area (Å²) in [7, 11) is 0. The van der Waals surface area contributed by atoms with Gasteiger partial charge in [0.15, 0.2) is 0 Å². The van der Waals surface area contributed by atoms with E-state index >= 15 is 0 Å². The van der Waals surface area contributed by atoms with E-state index in [-0.39, 0.29) is 42.9 Å². The largest absolute Gasteiger partial charge is 0.351 e. The van der Waals surface area contributed by atoms with Gasteiger partial charge in [0.05, 0.1) is 13.1 Å². The first kappa shape index (κ1) is 16.7. The Morgan fingerprint density at radius 2 is 1.59 bits per heavy atom. The zero-order valence-electron chi connectivity index (χ0n) is 13.1. The molecule has 7 nitrogen and oxygen atoms in total. The van der Waals surface area contributed by atoms with E-state index in [1.807, 2.05) is 0 Å². The van der Waals surface area contributed by atoms with Crippen molar-refractivity contribution in [3.8, 4) is 0 Å². The Balaban J connectivity index is 1.75. The minimum absolute atomic E-state index is 0.0551. The lowest BCUT2D eigenvalue weighted by Crippen LogP contribution is -2.55. The highest BCUT2D eigenvalue weighted by Gasteiger charge is 2.39. The van der Waals surface area contributed by atoms with E-state index in [2.05, 4.69) is 16.0 Å². The lowest BCUT2D eigenvalue weighted by atomic mass is 9.67. The zero-order chi connectivity index (χ0) is 16.1. The van der Waals surface area contributed by atoms with Crippen LogP contribution in [0.4, 0.5) is 0 Å². The third kappa shape index (κ3) is 4.69. The Bertz CT molecular complexity index is 427. The van der Waals surface area contributed by atoms with E-state index in [4.69, 9.17) is 5.73 Å². The molecular weight excluding hydrogens is 284 g/mol. The van der Waals surface area contributed by atoms with Gasteiger partial charge < -0.3 is 21.7 Å². The molecule has 0 radical (unpaired) electrons. The van der Waals surface area contributed by atoms with Gasteiger partial charge in [-0.25, -0.2) is 0 Å². The van der Waals surface area contributed by atoms with Gasteiger partial charge in [-0.3, -0.25) is 14.4 Å².